The second-order valence-electron chi connectivity index (χ2n) is 5.96. The number of carbonyl (C=O) groups excluding carboxylic acids is 1. The van der Waals surface area contributed by atoms with Crippen LogP contribution in [0.5, 0.6) is 5.75 Å². The van der Waals surface area contributed by atoms with Gasteiger partial charge >= 0.3 is 0 Å². The molecule has 0 spiro atoms. The summed E-state index contributed by atoms with van der Waals surface area (Å²) in [4.78, 5) is 29.6. The van der Waals surface area contributed by atoms with E-state index in [2.05, 4.69) is 10.1 Å². The van der Waals surface area contributed by atoms with Crippen molar-refractivity contribution in [2.45, 2.75) is 6.54 Å². The number of ketones is 1. The summed E-state index contributed by atoms with van der Waals surface area (Å²) >= 11 is 0. The van der Waals surface area contributed by atoms with Gasteiger partial charge in [0.2, 0.25) is 0 Å². The van der Waals surface area contributed by atoms with Crippen molar-refractivity contribution in [2.24, 2.45) is 0 Å². The topological polar surface area (TPSA) is 79.0 Å². The van der Waals surface area contributed by atoms with Crippen LogP contribution in [0.4, 0.5) is 0 Å². The molecule has 0 saturated heterocycles. The number of nitrogens with zero attached hydrogens (tertiary/aromatic N) is 4. The van der Waals surface area contributed by atoms with Crippen LogP contribution in [0.3, 0.4) is 0 Å². The number of Topliss-reactive ketones (excluding diaryl/α,β-unsaturated/α-hetero) is 1. The maximum absolute atomic E-state index is 12.8. The third-order valence-corrected chi connectivity index (χ3v) is 4.26. The fourth-order valence-corrected chi connectivity index (χ4v) is 2.86. The lowest BCUT2D eigenvalue weighted by molar-refractivity contribution is 0.0970. The molecule has 0 saturated carbocycles. The van der Waals surface area contributed by atoms with Gasteiger partial charge in [-0.3, -0.25) is 14.2 Å². The number of para-hydroxylation sites is 1. The lowest BCUT2D eigenvalue weighted by atomic mass is 10.1. The maximum Gasteiger partial charge on any atom is 0.264 e. The average molecular weight is 360 g/mol. The van der Waals surface area contributed by atoms with Gasteiger partial charge in [0.05, 0.1) is 25.5 Å². The third-order valence-electron chi connectivity index (χ3n) is 4.26. The molecule has 7 heteroatoms. The Kier molecular flexibility index (Phi) is 4.25. The highest BCUT2D eigenvalue weighted by Crippen LogP contribution is 2.15. The van der Waals surface area contributed by atoms with Crippen LogP contribution in [0.25, 0.3) is 16.7 Å². The van der Waals surface area contributed by atoms with E-state index in [9.17, 15) is 9.59 Å². The van der Waals surface area contributed by atoms with Crippen LogP contribution in [0.1, 0.15) is 10.4 Å². The van der Waals surface area contributed by atoms with E-state index >= 15 is 0 Å². The van der Waals surface area contributed by atoms with Gasteiger partial charge < -0.3 is 4.74 Å². The zero-order chi connectivity index (χ0) is 18.8. The summed E-state index contributed by atoms with van der Waals surface area (Å²) in [6.07, 6.45) is 2.86. The van der Waals surface area contributed by atoms with Gasteiger partial charge in [0.25, 0.3) is 5.56 Å². The summed E-state index contributed by atoms with van der Waals surface area (Å²) in [6, 6.07) is 16.3. The maximum atomic E-state index is 12.8. The highest BCUT2D eigenvalue weighted by Gasteiger charge is 2.14. The predicted molar refractivity (Wildman–Crippen MR) is 100 cm³/mol. The molecule has 0 N–H and O–H groups in total. The van der Waals surface area contributed by atoms with Crippen LogP contribution in [-0.2, 0) is 6.54 Å². The molecule has 2 aromatic carbocycles. The van der Waals surface area contributed by atoms with Crippen LogP contribution in [0.15, 0.2) is 71.9 Å². The summed E-state index contributed by atoms with van der Waals surface area (Å²) in [5, 5.41) is 4.63. The highest BCUT2D eigenvalue weighted by molar-refractivity contribution is 5.96. The van der Waals surface area contributed by atoms with Crippen LogP contribution >= 0.6 is 0 Å². The molecular weight excluding hydrogens is 344 g/mol. The standard InChI is InChI=1S/C20H16N4O3/c1-27-16-9-5-6-14(10-16)18(25)12-23-13-21-19-17(20(23)26)11-22-24(19)15-7-3-2-4-8-15/h2-11,13H,12H2,1H3. The van der Waals surface area contributed by atoms with E-state index in [1.807, 2.05) is 30.3 Å². The van der Waals surface area contributed by atoms with Crippen molar-refractivity contribution < 1.29 is 9.53 Å². The molecule has 0 aliphatic rings. The number of hydrogen-bond donors (Lipinski definition) is 0. The number of ether oxygens (including phenoxy) is 1. The van der Waals surface area contributed by atoms with Gasteiger partial charge in [-0.25, -0.2) is 9.67 Å². The molecule has 4 aromatic rings. The summed E-state index contributed by atoms with van der Waals surface area (Å²) in [5.74, 6) is 0.388. The number of benzene rings is 2. The molecule has 0 aliphatic carbocycles. The Labute approximate surface area is 154 Å². The molecule has 134 valence electrons. The lowest BCUT2D eigenvalue weighted by Gasteiger charge is -2.07. The number of aromatic nitrogens is 4. The molecule has 27 heavy (non-hydrogen) atoms. The number of carbonyl (C=O) groups is 1. The minimum Gasteiger partial charge on any atom is -0.497 e. The van der Waals surface area contributed by atoms with Gasteiger partial charge in [-0.15, -0.1) is 0 Å². The van der Waals surface area contributed by atoms with Crippen molar-refractivity contribution in [1.29, 1.82) is 0 Å². The van der Waals surface area contributed by atoms with Gasteiger partial charge in [-0.2, -0.15) is 5.10 Å². The fraction of sp³-hybridized carbons (Fsp3) is 0.100. The number of rotatable bonds is 5. The van der Waals surface area contributed by atoms with Gasteiger partial charge in [0.15, 0.2) is 11.4 Å². The first-order valence-corrected chi connectivity index (χ1v) is 8.33. The van der Waals surface area contributed by atoms with Gasteiger partial charge in [0, 0.05) is 5.56 Å². The third kappa shape index (κ3) is 3.10. The smallest absolute Gasteiger partial charge is 0.264 e. The Morgan fingerprint density at radius 2 is 1.93 bits per heavy atom. The Balaban J connectivity index is 1.68. The Bertz CT molecular complexity index is 1180. The monoisotopic (exact) mass is 360 g/mol. The Hall–Kier alpha value is -3.74. The van der Waals surface area contributed by atoms with Crippen LogP contribution in [0, 0.1) is 0 Å². The average Bonchev–Trinajstić information content (AvgIpc) is 3.15. The van der Waals surface area contributed by atoms with E-state index in [0.717, 1.165) is 5.69 Å². The second kappa shape index (κ2) is 6.87. The van der Waals surface area contributed by atoms with Crippen molar-refractivity contribution in [2.75, 3.05) is 7.11 Å². The van der Waals surface area contributed by atoms with Crippen LogP contribution < -0.4 is 10.3 Å². The van der Waals surface area contributed by atoms with E-state index in [0.29, 0.717) is 22.3 Å². The zero-order valence-electron chi connectivity index (χ0n) is 14.6. The molecule has 4 rings (SSSR count). The van der Waals surface area contributed by atoms with Crippen LogP contribution in [0.2, 0.25) is 0 Å². The van der Waals surface area contributed by atoms with Crippen molar-refractivity contribution >= 4 is 16.8 Å². The summed E-state index contributed by atoms with van der Waals surface area (Å²) in [6.45, 7) is -0.106. The lowest BCUT2D eigenvalue weighted by Crippen LogP contribution is -2.24. The minimum atomic E-state index is -0.307. The molecular formula is C20H16N4O3. The number of methoxy groups -OCH3 is 1. The van der Waals surface area contributed by atoms with Crippen LogP contribution in [-0.4, -0.2) is 32.2 Å². The normalized spacial score (nSPS) is 10.9. The molecule has 2 aromatic heterocycles. The second-order valence-corrected chi connectivity index (χ2v) is 5.96. The Morgan fingerprint density at radius 1 is 1.11 bits per heavy atom. The first kappa shape index (κ1) is 16.7. The van der Waals surface area contributed by atoms with Gasteiger partial charge in [0.1, 0.15) is 17.5 Å². The molecule has 0 bridgehead atoms. The van der Waals surface area contributed by atoms with Crippen molar-refractivity contribution in [1.82, 2.24) is 19.3 Å². The van der Waals surface area contributed by atoms with Crippen molar-refractivity contribution in [3.8, 4) is 11.4 Å². The highest BCUT2D eigenvalue weighted by atomic mass is 16.5. The van der Waals surface area contributed by atoms with E-state index in [-0.39, 0.29) is 17.9 Å². The zero-order valence-corrected chi connectivity index (χ0v) is 14.6. The van der Waals surface area contributed by atoms with E-state index < -0.39 is 0 Å². The summed E-state index contributed by atoms with van der Waals surface area (Å²) < 4.78 is 8.03. The molecule has 7 nitrogen and oxygen atoms in total. The van der Waals surface area contributed by atoms with E-state index in [1.54, 1.807) is 28.9 Å². The first-order valence-electron chi connectivity index (χ1n) is 8.33. The number of fused-ring (bicyclic) bond motifs is 1. The molecule has 0 radical (unpaired) electrons. The molecule has 0 unspecified atom stereocenters. The van der Waals surface area contributed by atoms with E-state index in [1.165, 1.54) is 24.2 Å². The quantitative estimate of drug-likeness (QED) is 0.511. The predicted octanol–water partition coefficient (Wildman–Crippen LogP) is 2.47. The molecule has 0 atom stereocenters. The minimum absolute atomic E-state index is 0.106. The van der Waals surface area contributed by atoms with Crippen molar-refractivity contribution in [3.63, 3.8) is 0 Å². The van der Waals surface area contributed by atoms with Crippen molar-refractivity contribution in [3.05, 3.63) is 83.0 Å². The number of hydrogen-bond acceptors (Lipinski definition) is 5. The molecule has 0 amide bonds. The fourth-order valence-electron chi connectivity index (χ4n) is 2.86. The van der Waals surface area contributed by atoms with Gasteiger partial charge in [-0.1, -0.05) is 30.3 Å². The van der Waals surface area contributed by atoms with Gasteiger partial charge in [-0.05, 0) is 24.3 Å². The molecule has 2 heterocycles. The first-order chi connectivity index (χ1) is 13.2. The van der Waals surface area contributed by atoms with E-state index in [4.69, 9.17) is 4.74 Å². The summed E-state index contributed by atoms with van der Waals surface area (Å²) in [7, 11) is 1.54. The molecule has 0 fully saturated rings. The Morgan fingerprint density at radius 3 is 2.70 bits per heavy atom. The summed E-state index contributed by atoms with van der Waals surface area (Å²) in [5.41, 5.74) is 1.43. The molecule has 0 aliphatic heterocycles. The SMILES string of the molecule is COc1cccc(C(=O)Cn2cnc3c(cnn3-c3ccccc3)c2=O)c1. The largest absolute Gasteiger partial charge is 0.497 e.